The minimum atomic E-state index is -4.02. The highest BCUT2D eigenvalue weighted by Gasteiger charge is 2.47. The summed E-state index contributed by atoms with van der Waals surface area (Å²) in [6, 6.07) is 8.28. The van der Waals surface area contributed by atoms with Gasteiger partial charge in [-0.05, 0) is 53.7 Å². The molecule has 2 heterocycles. The lowest BCUT2D eigenvalue weighted by molar-refractivity contribution is 0.483. The van der Waals surface area contributed by atoms with E-state index >= 15 is 0 Å². The van der Waals surface area contributed by atoms with Crippen molar-refractivity contribution in [2.75, 3.05) is 6.54 Å². The molecule has 0 atom stereocenters. The maximum atomic E-state index is 10.5. The minimum absolute atomic E-state index is 0.0666. The molecule has 0 amide bonds. The molecular formula is C23H37NO4S2Si. The lowest BCUT2D eigenvalue weighted by Crippen LogP contribution is -2.50. The molecule has 0 fully saturated rings. The molecule has 8 heteroatoms. The number of benzene rings is 1. The second kappa shape index (κ2) is 10.6. The molecule has 0 unspecified atom stereocenters. The lowest BCUT2D eigenvalue weighted by Gasteiger charge is -2.41. The summed E-state index contributed by atoms with van der Waals surface area (Å²) in [6.45, 7) is 18.0. The van der Waals surface area contributed by atoms with Crippen LogP contribution >= 0.6 is 11.3 Å². The Morgan fingerprint density at radius 1 is 1.03 bits per heavy atom. The summed E-state index contributed by atoms with van der Waals surface area (Å²) in [5.41, 5.74) is 4.33. The first-order valence-electron chi connectivity index (χ1n) is 10.9. The third-order valence-electron chi connectivity index (χ3n) is 6.02. The van der Waals surface area contributed by atoms with Crippen LogP contribution in [0.2, 0.25) is 16.6 Å². The van der Waals surface area contributed by atoms with Gasteiger partial charge in [-0.25, -0.2) is 0 Å². The summed E-state index contributed by atoms with van der Waals surface area (Å²) in [7, 11) is -5.81. The van der Waals surface area contributed by atoms with Crippen LogP contribution in [-0.4, -0.2) is 27.8 Å². The molecule has 31 heavy (non-hydrogen) atoms. The Morgan fingerprint density at radius 3 is 2.03 bits per heavy atom. The second-order valence-corrected chi connectivity index (χ2v) is 17.0. The number of rotatable bonds is 6. The van der Waals surface area contributed by atoms with E-state index in [4.69, 9.17) is 8.98 Å². The van der Waals surface area contributed by atoms with Gasteiger partial charge in [0.05, 0.1) is 4.90 Å². The van der Waals surface area contributed by atoms with E-state index in [1.165, 1.54) is 27.6 Å². The number of nitrogens with one attached hydrogen (secondary N) is 1. The maximum absolute atomic E-state index is 10.5. The lowest BCUT2D eigenvalue weighted by atomic mass is 10.1. The zero-order valence-corrected chi connectivity index (χ0v) is 22.4. The number of aryl methyl sites for hydroxylation is 1. The van der Waals surface area contributed by atoms with Crippen molar-refractivity contribution >= 4 is 29.8 Å². The Balaban J connectivity index is 0.000000262. The molecule has 3 rings (SSSR count). The van der Waals surface area contributed by atoms with E-state index in [1.807, 2.05) is 18.3 Å². The molecule has 0 aliphatic carbocycles. The number of fused-ring (bicyclic) bond motifs is 1. The first kappa shape index (κ1) is 26.1. The van der Waals surface area contributed by atoms with Crippen molar-refractivity contribution in [1.82, 2.24) is 5.32 Å². The molecule has 0 saturated carbocycles. The highest BCUT2D eigenvalue weighted by molar-refractivity contribution is 7.85. The third kappa shape index (κ3) is 6.41. The van der Waals surface area contributed by atoms with Crippen LogP contribution in [0.4, 0.5) is 0 Å². The van der Waals surface area contributed by atoms with Crippen LogP contribution in [0.1, 0.15) is 57.5 Å². The molecule has 0 saturated heterocycles. The Bertz CT molecular complexity index is 905. The molecule has 2 aromatic rings. The highest BCUT2D eigenvalue weighted by Crippen LogP contribution is 2.45. The number of thiophene rings is 1. The summed E-state index contributed by atoms with van der Waals surface area (Å²) in [5.74, 6) is 0. The average molecular weight is 484 g/mol. The Hall–Kier alpha value is -1.19. The van der Waals surface area contributed by atoms with Gasteiger partial charge in [0.2, 0.25) is 0 Å². The smallest absolute Gasteiger partial charge is 0.294 e. The zero-order valence-electron chi connectivity index (χ0n) is 19.7. The standard InChI is InChI=1S/C16H29NOSSi.C7H8O3S/c1-11(2)20(12(3)4,13(5)6)18-16-9-14-10-17-8-7-15(14)19-16;1-6-2-4-7(5-3-6)11(8,9)10/h9,11-13,17H,7-8,10H2,1-6H3;2-5H,1H3,(H,8,9,10). The van der Waals surface area contributed by atoms with Crippen LogP contribution in [0.5, 0.6) is 5.06 Å². The maximum Gasteiger partial charge on any atom is 0.294 e. The first-order valence-corrected chi connectivity index (χ1v) is 15.3. The van der Waals surface area contributed by atoms with Crippen LogP contribution in [-0.2, 0) is 23.1 Å². The van der Waals surface area contributed by atoms with Crippen molar-refractivity contribution in [2.45, 2.75) is 83.0 Å². The SMILES string of the molecule is CC(C)[Si](Oc1cc2c(s1)CCNC2)(C(C)C)C(C)C.Cc1ccc(S(=O)(=O)O)cc1. The zero-order chi connectivity index (χ0) is 23.4. The van der Waals surface area contributed by atoms with Crippen molar-refractivity contribution in [3.05, 3.63) is 46.3 Å². The van der Waals surface area contributed by atoms with Crippen molar-refractivity contribution in [3.8, 4) is 5.06 Å². The van der Waals surface area contributed by atoms with Gasteiger partial charge in [0.15, 0.2) is 5.06 Å². The molecule has 5 nitrogen and oxygen atoms in total. The molecule has 174 valence electrons. The Kier molecular flexibility index (Phi) is 8.92. The summed E-state index contributed by atoms with van der Waals surface area (Å²) in [5, 5.41) is 4.62. The molecule has 0 bridgehead atoms. The fourth-order valence-electron chi connectivity index (χ4n) is 4.51. The normalized spacial score (nSPS) is 14.4. The van der Waals surface area contributed by atoms with Gasteiger partial charge in [-0.3, -0.25) is 4.55 Å². The predicted molar refractivity (Wildman–Crippen MR) is 132 cm³/mol. The van der Waals surface area contributed by atoms with Crippen LogP contribution in [0.15, 0.2) is 35.2 Å². The van der Waals surface area contributed by atoms with Crippen molar-refractivity contribution in [2.24, 2.45) is 0 Å². The Morgan fingerprint density at radius 2 is 1.58 bits per heavy atom. The van der Waals surface area contributed by atoms with Crippen molar-refractivity contribution in [1.29, 1.82) is 0 Å². The van der Waals surface area contributed by atoms with E-state index in [-0.39, 0.29) is 4.90 Å². The van der Waals surface area contributed by atoms with E-state index in [0.717, 1.165) is 25.1 Å². The van der Waals surface area contributed by atoms with Crippen molar-refractivity contribution in [3.63, 3.8) is 0 Å². The van der Waals surface area contributed by atoms with Crippen LogP contribution in [0.3, 0.4) is 0 Å². The molecule has 1 aromatic heterocycles. The van der Waals surface area contributed by atoms with Crippen molar-refractivity contribution < 1.29 is 17.4 Å². The van der Waals surface area contributed by atoms with Crippen LogP contribution in [0.25, 0.3) is 0 Å². The molecule has 1 aromatic carbocycles. The molecule has 1 aliphatic rings. The topological polar surface area (TPSA) is 75.6 Å². The molecule has 0 spiro atoms. The fourth-order valence-corrected chi connectivity index (χ4v) is 11.6. The van der Waals surface area contributed by atoms with E-state index in [1.54, 1.807) is 12.1 Å². The van der Waals surface area contributed by atoms with Gasteiger partial charge in [0.25, 0.3) is 18.4 Å². The molecular weight excluding hydrogens is 446 g/mol. The monoisotopic (exact) mass is 483 g/mol. The first-order chi connectivity index (χ1) is 14.4. The van der Waals surface area contributed by atoms with E-state index in [0.29, 0.717) is 16.6 Å². The summed E-state index contributed by atoms with van der Waals surface area (Å²) in [4.78, 5) is 1.46. The van der Waals surface area contributed by atoms with Crippen LogP contribution < -0.4 is 9.74 Å². The summed E-state index contributed by atoms with van der Waals surface area (Å²) in [6.07, 6.45) is 1.16. The fraction of sp³-hybridized carbons (Fsp3) is 0.565. The molecule has 2 N–H and O–H groups in total. The van der Waals surface area contributed by atoms with Gasteiger partial charge in [-0.1, -0.05) is 59.2 Å². The highest BCUT2D eigenvalue weighted by atomic mass is 32.2. The molecule has 0 radical (unpaired) electrons. The van der Waals surface area contributed by atoms with Gasteiger partial charge in [-0.15, -0.1) is 11.3 Å². The van der Waals surface area contributed by atoms with Gasteiger partial charge in [-0.2, -0.15) is 8.42 Å². The minimum Gasteiger partial charge on any atom is -0.536 e. The summed E-state index contributed by atoms with van der Waals surface area (Å²) >= 11 is 1.89. The number of hydrogen-bond acceptors (Lipinski definition) is 5. The van der Waals surface area contributed by atoms with Crippen LogP contribution in [0, 0.1) is 6.92 Å². The van der Waals surface area contributed by atoms with E-state index < -0.39 is 18.4 Å². The summed E-state index contributed by atoms with van der Waals surface area (Å²) < 4.78 is 36.3. The van der Waals surface area contributed by atoms with E-state index in [2.05, 4.69) is 52.9 Å². The predicted octanol–water partition coefficient (Wildman–Crippen LogP) is 6.19. The number of hydrogen-bond donors (Lipinski definition) is 2. The largest absolute Gasteiger partial charge is 0.536 e. The quantitative estimate of drug-likeness (QED) is 0.378. The second-order valence-electron chi connectivity index (χ2n) is 9.15. The third-order valence-corrected chi connectivity index (χ3v) is 14.1. The molecule has 1 aliphatic heterocycles. The average Bonchev–Trinajstić information content (AvgIpc) is 3.07. The van der Waals surface area contributed by atoms with Gasteiger partial charge < -0.3 is 9.74 Å². The Labute approximate surface area is 193 Å². The van der Waals surface area contributed by atoms with Gasteiger partial charge in [0, 0.05) is 18.0 Å². The van der Waals surface area contributed by atoms with Gasteiger partial charge in [0.1, 0.15) is 0 Å². The van der Waals surface area contributed by atoms with E-state index in [9.17, 15) is 8.42 Å². The van der Waals surface area contributed by atoms with Gasteiger partial charge >= 0.3 is 0 Å².